The molecule has 0 spiro atoms. The zero-order valence-electron chi connectivity index (χ0n) is 16.2. The number of hydrogen-bond donors (Lipinski definition) is 1. The molecule has 0 atom stereocenters. The number of esters is 1. The highest BCUT2D eigenvalue weighted by molar-refractivity contribution is 5.89. The molecule has 3 heteroatoms. The van der Waals surface area contributed by atoms with Gasteiger partial charge in [0.25, 0.3) is 0 Å². The molecule has 0 aliphatic carbocycles. The lowest BCUT2D eigenvalue weighted by molar-refractivity contribution is -0.137. The van der Waals surface area contributed by atoms with E-state index in [2.05, 4.69) is 38.2 Å². The average Bonchev–Trinajstić information content (AvgIpc) is 2.76. The zero-order chi connectivity index (χ0) is 20.8. The molecule has 0 aromatic heterocycles. The Morgan fingerprint density at radius 2 is 1.64 bits per heavy atom. The molecule has 0 fully saturated rings. The Balaban J connectivity index is 0.000000406. The molecule has 1 N–H and O–H groups in total. The van der Waals surface area contributed by atoms with Crippen LogP contribution in [-0.4, -0.2) is 19.1 Å². The summed E-state index contributed by atoms with van der Waals surface area (Å²) in [5.41, 5.74) is 4.31. The third kappa shape index (κ3) is 7.34. The van der Waals surface area contributed by atoms with Gasteiger partial charge >= 0.3 is 5.97 Å². The summed E-state index contributed by atoms with van der Waals surface area (Å²) in [6.07, 6.45) is 6.86. The largest absolute Gasteiger partial charge is 0.458 e. The highest BCUT2D eigenvalue weighted by Gasteiger charge is 2.09. The summed E-state index contributed by atoms with van der Waals surface area (Å²) < 4.78 is 4.91. The first kappa shape index (κ1) is 22.5. The van der Waals surface area contributed by atoms with Crippen LogP contribution in [0.15, 0.2) is 93.1 Å². The van der Waals surface area contributed by atoms with E-state index in [1.54, 1.807) is 12.2 Å². The fourth-order valence-corrected chi connectivity index (χ4v) is 2.24. The number of rotatable bonds is 9. The molecule has 2 aromatic rings. The SMILES string of the molecule is C=CCOC(=O)C(=C)CNc1cccc(C=C)c1C=C.C=Cc1ccccc1. The van der Waals surface area contributed by atoms with Crippen LogP contribution in [0.5, 0.6) is 0 Å². The number of benzene rings is 2. The smallest absolute Gasteiger partial charge is 0.335 e. The van der Waals surface area contributed by atoms with Gasteiger partial charge in [-0.1, -0.05) is 99.7 Å². The van der Waals surface area contributed by atoms with Crippen LogP contribution in [0.3, 0.4) is 0 Å². The van der Waals surface area contributed by atoms with Gasteiger partial charge in [0.05, 0.1) is 0 Å². The Morgan fingerprint density at radius 1 is 0.929 bits per heavy atom. The Kier molecular flexibility index (Phi) is 10.2. The van der Waals surface area contributed by atoms with Crippen molar-refractivity contribution in [2.45, 2.75) is 0 Å². The van der Waals surface area contributed by atoms with Crippen LogP contribution in [-0.2, 0) is 9.53 Å². The lowest BCUT2D eigenvalue weighted by Gasteiger charge is -2.12. The first-order chi connectivity index (χ1) is 13.6. The molecule has 28 heavy (non-hydrogen) atoms. The Hall–Kier alpha value is -3.59. The fourth-order valence-electron chi connectivity index (χ4n) is 2.24. The normalized spacial score (nSPS) is 9.14. The second-order valence-electron chi connectivity index (χ2n) is 5.68. The van der Waals surface area contributed by atoms with Crippen molar-refractivity contribution in [2.24, 2.45) is 0 Å². The summed E-state index contributed by atoms with van der Waals surface area (Å²) in [6, 6.07) is 15.8. The number of carbonyl (C=O) groups excluding carboxylic acids is 1. The predicted molar refractivity (Wildman–Crippen MR) is 122 cm³/mol. The Morgan fingerprint density at radius 3 is 2.18 bits per heavy atom. The topological polar surface area (TPSA) is 38.3 Å². The van der Waals surface area contributed by atoms with Gasteiger partial charge in [-0.05, 0) is 17.2 Å². The van der Waals surface area contributed by atoms with Gasteiger partial charge in [-0.15, -0.1) is 0 Å². The van der Waals surface area contributed by atoms with E-state index >= 15 is 0 Å². The number of ether oxygens (including phenoxy) is 1. The summed E-state index contributed by atoms with van der Waals surface area (Å²) in [6.45, 7) is 18.9. The molecule has 2 rings (SSSR count). The summed E-state index contributed by atoms with van der Waals surface area (Å²) in [4.78, 5) is 11.6. The molecule has 0 radical (unpaired) electrons. The minimum atomic E-state index is -0.433. The van der Waals surface area contributed by atoms with Crippen LogP contribution in [0.2, 0.25) is 0 Å². The monoisotopic (exact) mass is 373 g/mol. The lowest BCUT2D eigenvalue weighted by Crippen LogP contribution is -2.15. The maximum Gasteiger partial charge on any atom is 0.335 e. The molecule has 2 aromatic carbocycles. The van der Waals surface area contributed by atoms with Gasteiger partial charge in [-0.2, -0.15) is 0 Å². The highest BCUT2D eigenvalue weighted by Crippen LogP contribution is 2.22. The standard InChI is InChI=1S/C17H19NO2.C8H8/c1-5-11-20-17(19)13(4)12-18-16-10-8-9-14(6-2)15(16)7-3;1-2-8-6-4-3-5-7-8/h5-10,18H,1-4,11-12H2;2-7H,1H2. The minimum Gasteiger partial charge on any atom is -0.458 e. The van der Waals surface area contributed by atoms with Gasteiger partial charge in [0.2, 0.25) is 0 Å². The number of nitrogens with one attached hydrogen (secondary N) is 1. The minimum absolute atomic E-state index is 0.182. The lowest BCUT2D eigenvalue weighted by atomic mass is 10.1. The molecule has 0 saturated carbocycles. The number of carbonyl (C=O) groups is 1. The van der Waals surface area contributed by atoms with E-state index in [9.17, 15) is 4.79 Å². The Labute approximate surface area is 168 Å². The van der Waals surface area contributed by atoms with E-state index in [-0.39, 0.29) is 6.61 Å². The van der Waals surface area contributed by atoms with E-state index in [0.29, 0.717) is 12.1 Å². The summed E-state index contributed by atoms with van der Waals surface area (Å²) in [7, 11) is 0. The van der Waals surface area contributed by atoms with Crippen molar-refractivity contribution in [3.63, 3.8) is 0 Å². The molecular formula is C25H27NO2. The van der Waals surface area contributed by atoms with Gasteiger partial charge < -0.3 is 10.1 Å². The number of hydrogen-bond acceptors (Lipinski definition) is 3. The predicted octanol–water partition coefficient (Wildman–Crippen LogP) is 6.00. The molecule has 0 aliphatic heterocycles. The molecule has 144 valence electrons. The maximum absolute atomic E-state index is 11.6. The van der Waals surface area contributed by atoms with Crippen molar-refractivity contribution in [2.75, 3.05) is 18.5 Å². The second-order valence-corrected chi connectivity index (χ2v) is 5.68. The summed E-state index contributed by atoms with van der Waals surface area (Å²) in [5.74, 6) is -0.433. The van der Waals surface area contributed by atoms with Crippen molar-refractivity contribution in [3.05, 3.63) is 110 Å². The van der Waals surface area contributed by atoms with E-state index in [1.165, 1.54) is 11.6 Å². The van der Waals surface area contributed by atoms with Crippen LogP contribution in [0.25, 0.3) is 18.2 Å². The molecule has 0 unspecified atom stereocenters. The molecule has 0 aliphatic rings. The van der Waals surface area contributed by atoms with Gasteiger partial charge in [0, 0.05) is 23.4 Å². The van der Waals surface area contributed by atoms with E-state index in [4.69, 9.17) is 4.74 Å². The van der Waals surface area contributed by atoms with E-state index in [1.807, 2.05) is 54.6 Å². The van der Waals surface area contributed by atoms with E-state index < -0.39 is 5.97 Å². The summed E-state index contributed by atoms with van der Waals surface area (Å²) in [5, 5.41) is 3.15. The maximum atomic E-state index is 11.6. The molecule has 0 saturated heterocycles. The first-order valence-electron chi connectivity index (χ1n) is 8.82. The van der Waals surface area contributed by atoms with Crippen LogP contribution >= 0.6 is 0 Å². The van der Waals surface area contributed by atoms with Gasteiger partial charge in [0.1, 0.15) is 6.61 Å². The molecule has 3 nitrogen and oxygen atoms in total. The van der Waals surface area contributed by atoms with E-state index in [0.717, 1.165) is 16.8 Å². The zero-order valence-corrected chi connectivity index (χ0v) is 16.2. The van der Waals surface area contributed by atoms with Crippen LogP contribution in [0, 0.1) is 0 Å². The molecule has 0 amide bonds. The highest BCUT2D eigenvalue weighted by atomic mass is 16.5. The van der Waals surface area contributed by atoms with Crippen LogP contribution in [0.4, 0.5) is 5.69 Å². The fraction of sp³-hybridized carbons (Fsp3) is 0.0800. The van der Waals surface area contributed by atoms with Gasteiger partial charge in [-0.3, -0.25) is 0 Å². The average molecular weight is 373 g/mol. The van der Waals surface area contributed by atoms with Gasteiger partial charge in [-0.25, -0.2) is 4.79 Å². The van der Waals surface area contributed by atoms with Crippen molar-refractivity contribution in [1.82, 2.24) is 0 Å². The number of anilines is 1. The van der Waals surface area contributed by atoms with Crippen LogP contribution in [0.1, 0.15) is 16.7 Å². The van der Waals surface area contributed by atoms with Crippen molar-refractivity contribution in [1.29, 1.82) is 0 Å². The van der Waals surface area contributed by atoms with Crippen molar-refractivity contribution >= 4 is 29.9 Å². The third-order valence-corrected chi connectivity index (χ3v) is 3.71. The third-order valence-electron chi connectivity index (χ3n) is 3.71. The second kappa shape index (κ2) is 12.7. The van der Waals surface area contributed by atoms with Crippen molar-refractivity contribution < 1.29 is 9.53 Å². The van der Waals surface area contributed by atoms with Gasteiger partial charge in [0.15, 0.2) is 0 Å². The first-order valence-corrected chi connectivity index (χ1v) is 8.82. The summed E-state index contributed by atoms with van der Waals surface area (Å²) >= 11 is 0. The van der Waals surface area contributed by atoms with Crippen LogP contribution < -0.4 is 5.32 Å². The Bertz CT molecular complexity index is 835. The van der Waals surface area contributed by atoms with Crippen molar-refractivity contribution in [3.8, 4) is 0 Å². The molecule has 0 heterocycles. The molecular weight excluding hydrogens is 346 g/mol. The molecule has 0 bridgehead atoms. The quantitative estimate of drug-likeness (QED) is 0.333.